The first-order valence-corrected chi connectivity index (χ1v) is 10.5. The molecule has 9 heteroatoms. The smallest absolute Gasteiger partial charge is 0.373 e. The number of carbonyl (C=O) groups is 1. The summed E-state index contributed by atoms with van der Waals surface area (Å²) in [5, 5.41) is 8.51. The third-order valence-corrected chi connectivity index (χ3v) is 6.40. The van der Waals surface area contributed by atoms with Gasteiger partial charge in [0.05, 0.1) is 19.8 Å². The summed E-state index contributed by atoms with van der Waals surface area (Å²) >= 11 is 1.55. The predicted octanol–water partition coefficient (Wildman–Crippen LogP) is 2.19. The van der Waals surface area contributed by atoms with E-state index in [4.69, 9.17) is 13.8 Å². The van der Waals surface area contributed by atoms with Crippen LogP contribution in [0.1, 0.15) is 27.2 Å². The zero-order chi connectivity index (χ0) is 17.9. The van der Waals surface area contributed by atoms with E-state index in [9.17, 15) is 14.5 Å². The minimum atomic E-state index is -4.04. The highest BCUT2D eigenvalue weighted by Gasteiger charge is 2.56. The second-order valence-electron chi connectivity index (χ2n) is 5.04. The number of thioether (sulfide) groups is 1. The molecule has 0 radical (unpaired) electrons. The Morgan fingerprint density at radius 3 is 2.13 bits per heavy atom. The molecule has 0 aliphatic heterocycles. The molecule has 0 aromatic rings. The fourth-order valence-electron chi connectivity index (χ4n) is 1.75. The van der Waals surface area contributed by atoms with E-state index in [1.807, 2.05) is 19.0 Å². The van der Waals surface area contributed by atoms with Crippen LogP contribution < -0.4 is 0 Å². The molecule has 0 spiro atoms. The molecule has 138 valence electrons. The van der Waals surface area contributed by atoms with Crippen molar-refractivity contribution in [2.24, 2.45) is 0 Å². The second kappa shape index (κ2) is 11.4. The van der Waals surface area contributed by atoms with Gasteiger partial charge in [-0.3, -0.25) is 4.57 Å². The van der Waals surface area contributed by atoms with Crippen molar-refractivity contribution >= 4 is 25.3 Å². The molecular weight excluding hydrogens is 341 g/mol. The number of hydrogen-bond donors (Lipinski definition) is 1. The van der Waals surface area contributed by atoms with Gasteiger partial charge in [0, 0.05) is 18.7 Å². The Morgan fingerprint density at radius 1 is 1.13 bits per heavy atom. The highest BCUT2D eigenvalue weighted by molar-refractivity contribution is 7.99. The molecule has 1 N–H and O–H groups in total. The van der Waals surface area contributed by atoms with Crippen LogP contribution in [-0.2, 0) is 23.1 Å². The molecule has 0 aliphatic rings. The Kier molecular flexibility index (Phi) is 11.4. The molecule has 0 rings (SSSR count). The second-order valence-corrected chi connectivity index (χ2v) is 8.51. The summed E-state index contributed by atoms with van der Waals surface area (Å²) in [6, 6.07) is 0. The summed E-state index contributed by atoms with van der Waals surface area (Å²) in [6.07, 6.45) is -0.0544. The summed E-state index contributed by atoms with van der Waals surface area (Å²) in [6.45, 7) is 5.95. The molecule has 0 aromatic heterocycles. The lowest BCUT2D eigenvalue weighted by atomic mass is 10.3. The van der Waals surface area contributed by atoms with Crippen LogP contribution in [0.4, 0.5) is 0 Å². The summed E-state index contributed by atoms with van der Waals surface area (Å²) in [5.41, 5.74) is 0. The summed E-state index contributed by atoms with van der Waals surface area (Å²) in [5.74, 6) is 0.311. The average Bonchev–Trinajstić information content (AvgIpc) is 2.46. The van der Waals surface area contributed by atoms with Crippen LogP contribution in [0.25, 0.3) is 0 Å². The molecule has 1 unspecified atom stereocenters. The van der Waals surface area contributed by atoms with Crippen molar-refractivity contribution < 1.29 is 28.3 Å². The lowest BCUT2D eigenvalue weighted by Crippen LogP contribution is -2.42. The Hall–Kier alpha value is -0.110. The van der Waals surface area contributed by atoms with E-state index in [0.717, 1.165) is 12.3 Å². The number of esters is 1. The van der Waals surface area contributed by atoms with Gasteiger partial charge >= 0.3 is 13.6 Å². The maximum absolute atomic E-state index is 12.9. The molecular formula is C14H30NO6PS. The number of rotatable bonds is 13. The Morgan fingerprint density at radius 2 is 1.70 bits per heavy atom. The van der Waals surface area contributed by atoms with Gasteiger partial charge in [-0.2, -0.15) is 11.8 Å². The fraction of sp³-hybridized carbons (Fsp3) is 0.929. The van der Waals surface area contributed by atoms with Crippen LogP contribution >= 0.6 is 19.4 Å². The summed E-state index contributed by atoms with van der Waals surface area (Å²) in [7, 11) is -0.105. The molecule has 7 nitrogen and oxygen atoms in total. The quantitative estimate of drug-likeness (QED) is 0.300. The van der Waals surface area contributed by atoms with Gasteiger partial charge < -0.3 is 23.8 Å². The van der Waals surface area contributed by atoms with Crippen LogP contribution in [0.3, 0.4) is 0 Å². The molecule has 0 aliphatic carbocycles. The van der Waals surface area contributed by atoms with Crippen molar-refractivity contribution in [1.82, 2.24) is 4.90 Å². The van der Waals surface area contributed by atoms with Crippen LogP contribution in [-0.4, -0.2) is 73.3 Å². The molecule has 0 saturated heterocycles. The minimum Gasteiger partial charge on any atom is -0.463 e. The van der Waals surface area contributed by atoms with Gasteiger partial charge in [0.1, 0.15) is 0 Å². The normalized spacial score (nSPS) is 14.7. The van der Waals surface area contributed by atoms with Crippen LogP contribution in [0, 0.1) is 0 Å². The molecule has 23 heavy (non-hydrogen) atoms. The van der Waals surface area contributed by atoms with Gasteiger partial charge in [0.2, 0.25) is 0 Å². The van der Waals surface area contributed by atoms with Crippen LogP contribution in [0.15, 0.2) is 0 Å². The Bertz CT molecular complexity index is 385. The number of hydrogen-bond acceptors (Lipinski definition) is 8. The summed E-state index contributed by atoms with van der Waals surface area (Å²) in [4.78, 5) is 14.2. The van der Waals surface area contributed by atoms with Crippen molar-refractivity contribution in [1.29, 1.82) is 0 Å². The first-order chi connectivity index (χ1) is 10.8. The van der Waals surface area contributed by atoms with Gasteiger partial charge in [-0.15, -0.1) is 0 Å². The lowest BCUT2D eigenvalue weighted by molar-refractivity contribution is -0.158. The standard InChI is InChI=1S/C14H30NO6PS/c1-6-19-13(16)14(17,9-11-23-12-10-15(4)5)22(18,20-7-2)21-8-3/h17H,6-12H2,1-5H3. The van der Waals surface area contributed by atoms with E-state index in [1.165, 1.54) is 0 Å². The van der Waals surface area contributed by atoms with Gasteiger partial charge in [0.25, 0.3) is 5.34 Å². The monoisotopic (exact) mass is 371 g/mol. The van der Waals surface area contributed by atoms with Gasteiger partial charge in [-0.1, -0.05) is 0 Å². The van der Waals surface area contributed by atoms with E-state index >= 15 is 0 Å². The molecule has 0 bridgehead atoms. The largest absolute Gasteiger partial charge is 0.463 e. The fourth-order valence-corrected chi connectivity index (χ4v) is 4.90. The highest BCUT2D eigenvalue weighted by atomic mass is 32.2. The molecule has 0 fully saturated rings. The molecule has 0 aromatic carbocycles. The molecule has 1 atom stereocenters. The zero-order valence-corrected chi connectivity index (χ0v) is 16.5. The van der Waals surface area contributed by atoms with Crippen molar-refractivity contribution in [2.45, 2.75) is 32.5 Å². The van der Waals surface area contributed by atoms with E-state index in [0.29, 0.717) is 5.75 Å². The van der Waals surface area contributed by atoms with Gasteiger partial charge in [0.15, 0.2) is 0 Å². The SMILES string of the molecule is CCOC(=O)C(O)(CCSCCN(C)C)P(=O)(OCC)OCC. The van der Waals surface area contributed by atoms with Crippen molar-refractivity contribution in [3.8, 4) is 0 Å². The van der Waals surface area contributed by atoms with E-state index in [1.54, 1.807) is 32.5 Å². The topological polar surface area (TPSA) is 85.3 Å². The number of nitrogens with zero attached hydrogens (tertiary/aromatic N) is 1. The maximum Gasteiger partial charge on any atom is 0.373 e. The molecule has 0 saturated carbocycles. The number of carbonyl (C=O) groups excluding carboxylic acids is 1. The third-order valence-electron chi connectivity index (χ3n) is 2.93. The third kappa shape index (κ3) is 7.11. The average molecular weight is 371 g/mol. The van der Waals surface area contributed by atoms with Crippen LogP contribution in [0.5, 0.6) is 0 Å². The van der Waals surface area contributed by atoms with Crippen LogP contribution in [0.2, 0.25) is 0 Å². The minimum absolute atomic E-state index is 0.0544. The number of aliphatic hydroxyl groups is 1. The first kappa shape index (κ1) is 22.9. The lowest BCUT2D eigenvalue weighted by Gasteiger charge is -2.32. The van der Waals surface area contributed by atoms with Crippen molar-refractivity contribution in [2.75, 3.05) is 52.0 Å². The van der Waals surface area contributed by atoms with E-state index < -0.39 is 18.9 Å². The zero-order valence-electron chi connectivity index (χ0n) is 14.7. The Balaban J connectivity index is 5.07. The Labute approximate surface area is 143 Å². The first-order valence-electron chi connectivity index (χ1n) is 7.78. The van der Waals surface area contributed by atoms with E-state index in [2.05, 4.69) is 0 Å². The van der Waals surface area contributed by atoms with E-state index in [-0.39, 0.29) is 26.2 Å². The van der Waals surface area contributed by atoms with Crippen molar-refractivity contribution in [3.63, 3.8) is 0 Å². The molecule has 0 amide bonds. The van der Waals surface area contributed by atoms with Crippen molar-refractivity contribution in [3.05, 3.63) is 0 Å². The molecule has 0 heterocycles. The van der Waals surface area contributed by atoms with Gasteiger partial charge in [-0.05, 0) is 40.6 Å². The van der Waals surface area contributed by atoms with Gasteiger partial charge in [-0.25, -0.2) is 4.79 Å². The summed E-state index contributed by atoms with van der Waals surface area (Å²) < 4.78 is 28.1. The highest BCUT2D eigenvalue weighted by Crippen LogP contribution is 2.60. The predicted molar refractivity (Wildman–Crippen MR) is 92.9 cm³/mol. The number of ether oxygens (including phenoxy) is 1. The maximum atomic E-state index is 12.9.